The predicted molar refractivity (Wildman–Crippen MR) is 56.9 cm³/mol. The second-order valence-electron chi connectivity index (χ2n) is 3.89. The summed E-state index contributed by atoms with van der Waals surface area (Å²) in [5.41, 5.74) is 0.534. The number of carboxylic acid groups (broad SMARTS) is 1. The first-order valence-electron chi connectivity index (χ1n) is 5.02. The van der Waals surface area contributed by atoms with Crippen LogP contribution >= 0.6 is 0 Å². The number of hydrogen-bond acceptors (Lipinski definition) is 4. The van der Waals surface area contributed by atoms with Crippen molar-refractivity contribution in [3.63, 3.8) is 0 Å². The van der Waals surface area contributed by atoms with Crippen LogP contribution in [-0.2, 0) is 4.79 Å². The van der Waals surface area contributed by atoms with E-state index in [0.29, 0.717) is 5.56 Å². The van der Waals surface area contributed by atoms with E-state index in [1.54, 1.807) is 12.1 Å². The van der Waals surface area contributed by atoms with Gasteiger partial charge < -0.3 is 10.0 Å². The van der Waals surface area contributed by atoms with E-state index in [-0.39, 0.29) is 12.3 Å². The summed E-state index contributed by atoms with van der Waals surface area (Å²) in [6, 6.07) is 5.51. The van der Waals surface area contributed by atoms with Gasteiger partial charge in [0.2, 0.25) is 0 Å². The van der Waals surface area contributed by atoms with Gasteiger partial charge in [-0.15, -0.1) is 0 Å². The van der Waals surface area contributed by atoms with Crippen molar-refractivity contribution in [2.75, 3.05) is 18.0 Å². The average Bonchev–Trinajstić information content (AvgIpc) is 2.23. The van der Waals surface area contributed by atoms with Crippen molar-refractivity contribution in [1.29, 1.82) is 5.26 Å². The summed E-state index contributed by atoms with van der Waals surface area (Å²) in [6.07, 6.45) is 1.74. The molecule has 2 heterocycles. The minimum atomic E-state index is -0.752. The number of carbonyl (C=O) groups is 1. The Kier molecular flexibility index (Phi) is 2.73. The fourth-order valence-electron chi connectivity index (χ4n) is 1.77. The highest BCUT2D eigenvalue weighted by molar-refractivity contribution is 5.67. The number of carboxylic acids is 1. The Morgan fingerprint density at radius 1 is 1.62 bits per heavy atom. The third-order valence-corrected chi connectivity index (χ3v) is 2.62. The Balaban J connectivity index is 1.91. The molecular weight excluding hydrogens is 206 g/mol. The lowest BCUT2D eigenvalue weighted by molar-refractivity contribution is -0.138. The molecule has 0 bridgehead atoms. The zero-order chi connectivity index (χ0) is 11.5. The van der Waals surface area contributed by atoms with E-state index in [9.17, 15) is 4.79 Å². The SMILES string of the molecule is N#Cc1ccc(N2CC(CC(=O)O)C2)nc1. The highest BCUT2D eigenvalue weighted by Gasteiger charge is 2.29. The molecule has 0 aliphatic carbocycles. The van der Waals surface area contributed by atoms with Crippen LogP contribution in [0.2, 0.25) is 0 Å². The topological polar surface area (TPSA) is 77.2 Å². The second kappa shape index (κ2) is 4.19. The lowest BCUT2D eigenvalue weighted by Gasteiger charge is -2.39. The average molecular weight is 217 g/mol. The molecule has 2 rings (SSSR count). The van der Waals surface area contributed by atoms with E-state index in [4.69, 9.17) is 10.4 Å². The molecule has 1 aromatic rings. The number of aliphatic carboxylic acids is 1. The summed E-state index contributed by atoms with van der Waals surface area (Å²) in [7, 11) is 0. The molecule has 1 saturated heterocycles. The summed E-state index contributed by atoms with van der Waals surface area (Å²) in [5, 5.41) is 17.2. The predicted octanol–water partition coefficient (Wildman–Crippen LogP) is 0.864. The van der Waals surface area contributed by atoms with Gasteiger partial charge in [0.1, 0.15) is 11.9 Å². The van der Waals surface area contributed by atoms with Gasteiger partial charge in [-0.1, -0.05) is 0 Å². The van der Waals surface area contributed by atoms with Crippen LogP contribution in [0, 0.1) is 17.2 Å². The van der Waals surface area contributed by atoms with Gasteiger partial charge in [-0.25, -0.2) is 4.98 Å². The first-order valence-corrected chi connectivity index (χ1v) is 5.02. The van der Waals surface area contributed by atoms with Gasteiger partial charge in [0.05, 0.1) is 12.0 Å². The van der Waals surface area contributed by atoms with E-state index in [1.807, 2.05) is 11.0 Å². The van der Waals surface area contributed by atoms with Crippen LogP contribution < -0.4 is 4.90 Å². The van der Waals surface area contributed by atoms with Crippen molar-refractivity contribution in [1.82, 2.24) is 4.98 Å². The highest BCUT2D eigenvalue weighted by Crippen LogP contribution is 2.24. The molecule has 1 fully saturated rings. The molecule has 0 unspecified atom stereocenters. The Morgan fingerprint density at radius 3 is 2.88 bits per heavy atom. The number of pyridine rings is 1. The molecule has 5 heteroatoms. The maximum atomic E-state index is 10.5. The van der Waals surface area contributed by atoms with E-state index >= 15 is 0 Å². The second-order valence-corrected chi connectivity index (χ2v) is 3.89. The van der Waals surface area contributed by atoms with Gasteiger partial charge >= 0.3 is 5.97 Å². The van der Waals surface area contributed by atoms with Gasteiger partial charge in [-0.2, -0.15) is 5.26 Å². The van der Waals surface area contributed by atoms with Crippen LogP contribution in [-0.4, -0.2) is 29.1 Å². The Bertz CT molecular complexity index is 430. The van der Waals surface area contributed by atoms with Crippen LogP contribution in [0.5, 0.6) is 0 Å². The molecule has 1 aromatic heterocycles. The number of hydrogen-bond donors (Lipinski definition) is 1. The van der Waals surface area contributed by atoms with E-state index in [1.165, 1.54) is 6.20 Å². The summed E-state index contributed by atoms with van der Waals surface area (Å²) < 4.78 is 0. The first kappa shape index (κ1) is 10.4. The molecule has 0 aromatic carbocycles. The maximum Gasteiger partial charge on any atom is 0.303 e. The Morgan fingerprint density at radius 2 is 2.38 bits per heavy atom. The van der Waals surface area contributed by atoms with Crippen molar-refractivity contribution in [3.05, 3.63) is 23.9 Å². The maximum absolute atomic E-state index is 10.5. The van der Waals surface area contributed by atoms with Gasteiger partial charge in [0.25, 0.3) is 0 Å². The molecule has 82 valence electrons. The van der Waals surface area contributed by atoms with Gasteiger partial charge in [-0.05, 0) is 12.1 Å². The van der Waals surface area contributed by atoms with Gasteiger partial charge in [0, 0.05) is 25.2 Å². The largest absolute Gasteiger partial charge is 0.481 e. The Labute approximate surface area is 92.9 Å². The third-order valence-electron chi connectivity index (χ3n) is 2.62. The summed E-state index contributed by atoms with van der Waals surface area (Å²) in [5.74, 6) is 0.271. The molecule has 1 aliphatic heterocycles. The normalized spacial score (nSPS) is 15.3. The van der Waals surface area contributed by atoms with Crippen molar-refractivity contribution >= 4 is 11.8 Å². The quantitative estimate of drug-likeness (QED) is 0.812. The van der Waals surface area contributed by atoms with Crippen LogP contribution in [0.15, 0.2) is 18.3 Å². The van der Waals surface area contributed by atoms with E-state index < -0.39 is 5.97 Å². The number of anilines is 1. The number of rotatable bonds is 3. The zero-order valence-corrected chi connectivity index (χ0v) is 8.63. The summed E-state index contributed by atoms with van der Waals surface area (Å²) in [6.45, 7) is 1.45. The first-order chi connectivity index (χ1) is 7.69. The minimum Gasteiger partial charge on any atom is -0.481 e. The standard InChI is InChI=1S/C11H11N3O2/c12-4-8-1-2-10(13-5-8)14-6-9(7-14)3-11(15)16/h1-2,5,9H,3,6-7H2,(H,15,16). The molecule has 0 spiro atoms. The molecule has 16 heavy (non-hydrogen) atoms. The van der Waals surface area contributed by atoms with Crippen molar-refractivity contribution in [2.45, 2.75) is 6.42 Å². The molecule has 0 radical (unpaired) electrons. The lowest BCUT2D eigenvalue weighted by atomic mass is 9.96. The van der Waals surface area contributed by atoms with Crippen LogP contribution in [0.3, 0.4) is 0 Å². The van der Waals surface area contributed by atoms with Crippen molar-refractivity contribution in [3.8, 4) is 6.07 Å². The third kappa shape index (κ3) is 2.11. The monoisotopic (exact) mass is 217 g/mol. The molecule has 0 saturated carbocycles. The number of nitrogens with zero attached hydrogens (tertiary/aromatic N) is 3. The van der Waals surface area contributed by atoms with Gasteiger partial charge in [-0.3, -0.25) is 4.79 Å². The highest BCUT2D eigenvalue weighted by atomic mass is 16.4. The van der Waals surface area contributed by atoms with E-state index in [2.05, 4.69) is 4.98 Å². The van der Waals surface area contributed by atoms with Crippen molar-refractivity contribution < 1.29 is 9.90 Å². The smallest absolute Gasteiger partial charge is 0.303 e. The molecule has 0 atom stereocenters. The van der Waals surface area contributed by atoms with Crippen LogP contribution in [0.4, 0.5) is 5.82 Å². The van der Waals surface area contributed by atoms with Gasteiger partial charge in [0.15, 0.2) is 0 Å². The lowest BCUT2D eigenvalue weighted by Crippen LogP contribution is -2.47. The summed E-state index contributed by atoms with van der Waals surface area (Å²) >= 11 is 0. The molecule has 1 N–H and O–H groups in total. The summed E-state index contributed by atoms with van der Waals surface area (Å²) in [4.78, 5) is 16.6. The van der Waals surface area contributed by atoms with Crippen LogP contribution in [0.1, 0.15) is 12.0 Å². The molecular formula is C11H11N3O2. The van der Waals surface area contributed by atoms with Crippen molar-refractivity contribution in [2.24, 2.45) is 5.92 Å². The molecule has 5 nitrogen and oxygen atoms in total. The fourth-order valence-corrected chi connectivity index (χ4v) is 1.77. The van der Waals surface area contributed by atoms with E-state index in [0.717, 1.165) is 18.9 Å². The minimum absolute atomic E-state index is 0.215. The number of aromatic nitrogens is 1. The van der Waals surface area contributed by atoms with Crippen LogP contribution in [0.25, 0.3) is 0 Å². The number of nitriles is 1. The zero-order valence-electron chi connectivity index (χ0n) is 8.63. The molecule has 0 amide bonds. The Hall–Kier alpha value is -2.09. The fraction of sp³-hybridized carbons (Fsp3) is 0.364. The molecule has 1 aliphatic rings.